The standard InChI is InChI=1S/C14H27N3O/c1-11(12-4-2-6-15-9-12)8-14(18)17-13-5-3-7-16-10-13/h11-13,15-16H,2-10H2,1H3,(H,17,18)/t11?,12?,13-/m0/s1. The van der Waals surface area contributed by atoms with E-state index in [0.29, 0.717) is 24.3 Å². The average Bonchev–Trinajstić information content (AvgIpc) is 2.40. The Morgan fingerprint density at radius 1 is 1.22 bits per heavy atom. The summed E-state index contributed by atoms with van der Waals surface area (Å²) in [5, 5.41) is 9.93. The van der Waals surface area contributed by atoms with Gasteiger partial charge in [-0.2, -0.15) is 0 Å². The van der Waals surface area contributed by atoms with Gasteiger partial charge in [0.2, 0.25) is 5.91 Å². The molecule has 2 saturated heterocycles. The highest BCUT2D eigenvalue weighted by molar-refractivity contribution is 5.76. The monoisotopic (exact) mass is 253 g/mol. The molecule has 1 amide bonds. The van der Waals surface area contributed by atoms with E-state index in [-0.39, 0.29) is 5.91 Å². The van der Waals surface area contributed by atoms with Crippen LogP contribution >= 0.6 is 0 Å². The van der Waals surface area contributed by atoms with Gasteiger partial charge in [0, 0.05) is 19.0 Å². The van der Waals surface area contributed by atoms with Gasteiger partial charge < -0.3 is 16.0 Å². The normalized spacial score (nSPS) is 30.7. The van der Waals surface area contributed by atoms with Crippen molar-refractivity contribution in [2.45, 2.75) is 45.1 Å². The van der Waals surface area contributed by atoms with Gasteiger partial charge in [-0.05, 0) is 57.2 Å². The molecule has 2 aliphatic heterocycles. The zero-order valence-corrected chi connectivity index (χ0v) is 11.5. The first-order valence-corrected chi connectivity index (χ1v) is 7.46. The van der Waals surface area contributed by atoms with E-state index in [9.17, 15) is 4.79 Å². The minimum Gasteiger partial charge on any atom is -0.352 e. The number of nitrogens with one attached hydrogen (secondary N) is 3. The fourth-order valence-corrected chi connectivity index (χ4v) is 3.09. The molecule has 3 atom stereocenters. The maximum absolute atomic E-state index is 12.0. The number of carbonyl (C=O) groups excluding carboxylic acids is 1. The van der Waals surface area contributed by atoms with Crippen molar-refractivity contribution in [3.8, 4) is 0 Å². The molecule has 3 N–H and O–H groups in total. The van der Waals surface area contributed by atoms with Crippen LogP contribution in [0.4, 0.5) is 0 Å². The molecule has 0 aliphatic carbocycles. The van der Waals surface area contributed by atoms with Gasteiger partial charge in [0.25, 0.3) is 0 Å². The molecule has 0 bridgehead atoms. The summed E-state index contributed by atoms with van der Waals surface area (Å²) in [6, 6.07) is 0.350. The Kier molecular flexibility index (Phi) is 5.45. The largest absolute Gasteiger partial charge is 0.352 e. The molecule has 4 heteroatoms. The van der Waals surface area contributed by atoms with Crippen molar-refractivity contribution in [1.82, 2.24) is 16.0 Å². The molecule has 2 unspecified atom stereocenters. The third-order valence-corrected chi connectivity index (χ3v) is 4.31. The van der Waals surface area contributed by atoms with Gasteiger partial charge in [-0.25, -0.2) is 0 Å². The Labute approximate surface area is 110 Å². The van der Waals surface area contributed by atoms with Crippen molar-refractivity contribution < 1.29 is 4.79 Å². The summed E-state index contributed by atoms with van der Waals surface area (Å²) in [7, 11) is 0. The zero-order chi connectivity index (χ0) is 12.8. The molecule has 0 saturated carbocycles. The van der Waals surface area contributed by atoms with E-state index >= 15 is 0 Å². The number of hydrogen-bond acceptors (Lipinski definition) is 3. The van der Waals surface area contributed by atoms with E-state index in [0.717, 1.165) is 32.6 Å². The van der Waals surface area contributed by atoms with Crippen LogP contribution in [0.1, 0.15) is 39.0 Å². The first-order valence-electron chi connectivity index (χ1n) is 7.46. The van der Waals surface area contributed by atoms with Crippen LogP contribution in [0.25, 0.3) is 0 Å². The Morgan fingerprint density at radius 3 is 2.56 bits per heavy atom. The van der Waals surface area contributed by atoms with E-state index in [1.807, 2.05) is 0 Å². The van der Waals surface area contributed by atoms with E-state index in [4.69, 9.17) is 0 Å². The van der Waals surface area contributed by atoms with Crippen LogP contribution in [-0.2, 0) is 4.79 Å². The molecule has 2 aliphatic rings. The smallest absolute Gasteiger partial charge is 0.220 e. The predicted molar refractivity (Wildman–Crippen MR) is 73.4 cm³/mol. The predicted octanol–water partition coefficient (Wildman–Crippen LogP) is 0.880. The summed E-state index contributed by atoms with van der Waals surface area (Å²) in [5.41, 5.74) is 0. The van der Waals surface area contributed by atoms with Gasteiger partial charge in [-0.1, -0.05) is 6.92 Å². The van der Waals surface area contributed by atoms with Gasteiger partial charge in [-0.15, -0.1) is 0 Å². The van der Waals surface area contributed by atoms with E-state index in [2.05, 4.69) is 22.9 Å². The molecule has 2 heterocycles. The molecule has 0 spiro atoms. The highest BCUT2D eigenvalue weighted by Gasteiger charge is 2.23. The first kappa shape index (κ1) is 13.8. The molecular weight excluding hydrogens is 226 g/mol. The number of piperidine rings is 2. The number of rotatable bonds is 4. The zero-order valence-electron chi connectivity index (χ0n) is 11.5. The quantitative estimate of drug-likeness (QED) is 0.697. The van der Waals surface area contributed by atoms with Crippen molar-refractivity contribution in [3.05, 3.63) is 0 Å². The van der Waals surface area contributed by atoms with Crippen LogP contribution in [-0.4, -0.2) is 38.1 Å². The molecule has 0 aromatic carbocycles. The highest BCUT2D eigenvalue weighted by Crippen LogP contribution is 2.22. The summed E-state index contributed by atoms with van der Waals surface area (Å²) in [6.45, 7) is 6.47. The summed E-state index contributed by atoms with van der Waals surface area (Å²) in [5.74, 6) is 1.41. The fourth-order valence-electron chi connectivity index (χ4n) is 3.09. The molecular formula is C14H27N3O. The van der Waals surface area contributed by atoms with Crippen molar-refractivity contribution >= 4 is 5.91 Å². The Hall–Kier alpha value is -0.610. The minimum atomic E-state index is 0.238. The number of hydrogen-bond donors (Lipinski definition) is 3. The Bertz CT molecular complexity index is 258. The van der Waals surface area contributed by atoms with Crippen LogP contribution in [0.5, 0.6) is 0 Å². The Morgan fingerprint density at radius 2 is 1.94 bits per heavy atom. The molecule has 2 rings (SSSR count). The van der Waals surface area contributed by atoms with E-state index in [1.165, 1.54) is 19.3 Å². The molecule has 104 valence electrons. The summed E-state index contributed by atoms with van der Waals surface area (Å²) in [4.78, 5) is 12.0. The summed E-state index contributed by atoms with van der Waals surface area (Å²) in [6.07, 6.45) is 5.50. The van der Waals surface area contributed by atoms with Crippen LogP contribution in [0, 0.1) is 11.8 Å². The van der Waals surface area contributed by atoms with Crippen LogP contribution in [0.2, 0.25) is 0 Å². The lowest BCUT2D eigenvalue weighted by atomic mass is 9.85. The van der Waals surface area contributed by atoms with Crippen molar-refractivity contribution in [2.75, 3.05) is 26.2 Å². The second kappa shape index (κ2) is 7.10. The average molecular weight is 253 g/mol. The second-order valence-electron chi connectivity index (χ2n) is 5.90. The molecule has 4 nitrogen and oxygen atoms in total. The molecule has 0 aromatic heterocycles. The number of amides is 1. The first-order chi connectivity index (χ1) is 8.75. The van der Waals surface area contributed by atoms with Gasteiger partial charge >= 0.3 is 0 Å². The van der Waals surface area contributed by atoms with Crippen LogP contribution < -0.4 is 16.0 Å². The lowest BCUT2D eigenvalue weighted by Crippen LogP contribution is -2.46. The van der Waals surface area contributed by atoms with E-state index < -0.39 is 0 Å². The van der Waals surface area contributed by atoms with Crippen molar-refractivity contribution in [1.29, 1.82) is 0 Å². The lowest BCUT2D eigenvalue weighted by molar-refractivity contribution is -0.123. The second-order valence-corrected chi connectivity index (χ2v) is 5.90. The topological polar surface area (TPSA) is 53.2 Å². The molecule has 18 heavy (non-hydrogen) atoms. The van der Waals surface area contributed by atoms with Crippen LogP contribution in [0.3, 0.4) is 0 Å². The van der Waals surface area contributed by atoms with Crippen LogP contribution in [0.15, 0.2) is 0 Å². The molecule has 0 radical (unpaired) electrons. The summed E-state index contributed by atoms with van der Waals surface area (Å²) >= 11 is 0. The van der Waals surface area contributed by atoms with Gasteiger partial charge in [-0.3, -0.25) is 4.79 Å². The fraction of sp³-hybridized carbons (Fsp3) is 0.929. The van der Waals surface area contributed by atoms with Gasteiger partial charge in [0.1, 0.15) is 0 Å². The lowest BCUT2D eigenvalue weighted by Gasteiger charge is -2.29. The van der Waals surface area contributed by atoms with Crippen molar-refractivity contribution in [3.63, 3.8) is 0 Å². The maximum atomic E-state index is 12.0. The third kappa shape index (κ3) is 4.25. The molecule has 0 aromatic rings. The molecule has 2 fully saturated rings. The minimum absolute atomic E-state index is 0.238. The van der Waals surface area contributed by atoms with Gasteiger partial charge in [0.15, 0.2) is 0 Å². The highest BCUT2D eigenvalue weighted by atomic mass is 16.1. The number of carbonyl (C=O) groups is 1. The van der Waals surface area contributed by atoms with E-state index in [1.54, 1.807) is 0 Å². The Balaban J connectivity index is 1.68. The SMILES string of the molecule is CC(CC(=O)N[C@H]1CCCNC1)C1CCCNC1. The van der Waals surface area contributed by atoms with Crippen molar-refractivity contribution in [2.24, 2.45) is 11.8 Å². The maximum Gasteiger partial charge on any atom is 0.220 e. The summed E-state index contributed by atoms with van der Waals surface area (Å²) < 4.78 is 0. The third-order valence-electron chi connectivity index (χ3n) is 4.31. The van der Waals surface area contributed by atoms with Gasteiger partial charge in [0.05, 0.1) is 0 Å².